The summed E-state index contributed by atoms with van der Waals surface area (Å²) in [6, 6.07) is 1.03. The Kier molecular flexibility index (Phi) is 4.95. The summed E-state index contributed by atoms with van der Waals surface area (Å²) in [5.74, 6) is 2.38. The van der Waals surface area contributed by atoms with E-state index in [4.69, 9.17) is 18.0 Å². The Labute approximate surface area is 114 Å². The Morgan fingerprint density at radius 2 is 2.35 bits per heavy atom. The van der Waals surface area contributed by atoms with Gasteiger partial charge in [-0.1, -0.05) is 11.6 Å². The highest BCUT2D eigenvalue weighted by atomic mass is 79.9. The van der Waals surface area contributed by atoms with Crippen LogP contribution in [0.1, 0.15) is 13.3 Å². The van der Waals surface area contributed by atoms with Crippen LogP contribution in [0.3, 0.4) is 0 Å². The van der Waals surface area contributed by atoms with Gasteiger partial charge in [0.1, 0.15) is 10.0 Å². The van der Waals surface area contributed by atoms with Crippen molar-refractivity contribution in [2.45, 2.75) is 24.3 Å². The summed E-state index contributed by atoms with van der Waals surface area (Å²) in [7, 11) is -3.70. The third kappa shape index (κ3) is 3.96. The van der Waals surface area contributed by atoms with Crippen LogP contribution in [0.15, 0.2) is 21.6 Å². The molecular formula is C10H10BrClN2O2S. The van der Waals surface area contributed by atoms with Crippen molar-refractivity contribution in [3.05, 3.63) is 21.9 Å². The molecule has 1 aromatic heterocycles. The van der Waals surface area contributed by atoms with E-state index in [0.29, 0.717) is 10.9 Å². The van der Waals surface area contributed by atoms with Crippen LogP contribution in [-0.2, 0) is 10.0 Å². The van der Waals surface area contributed by atoms with Crippen molar-refractivity contribution >= 4 is 37.6 Å². The molecule has 0 spiro atoms. The van der Waals surface area contributed by atoms with Gasteiger partial charge in [-0.25, -0.2) is 18.1 Å². The van der Waals surface area contributed by atoms with Crippen LogP contribution in [0.2, 0.25) is 5.15 Å². The lowest BCUT2D eigenvalue weighted by atomic mass is 10.3. The summed E-state index contributed by atoms with van der Waals surface area (Å²) in [6.45, 7) is 1.68. The summed E-state index contributed by atoms with van der Waals surface area (Å²) < 4.78 is 26.9. The number of sulfonamides is 1. The zero-order valence-corrected chi connectivity index (χ0v) is 12.1. The molecule has 0 amide bonds. The van der Waals surface area contributed by atoms with Gasteiger partial charge in [-0.3, -0.25) is 0 Å². The fraction of sp³-hybridized carbons (Fsp3) is 0.300. The molecule has 0 bridgehead atoms. The van der Waals surface area contributed by atoms with Crippen LogP contribution >= 0.6 is 27.5 Å². The second kappa shape index (κ2) is 5.83. The van der Waals surface area contributed by atoms with Gasteiger partial charge >= 0.3 is 0 Å². The molecule has 0 aliphatic carbocycles. The first kappa shape index (κ1) is 14.5. The molecule has 0 radical (unpaired) electrons. The molecule has 7 heteroatoms. The lowest BCUT2D eigenvalue weighted by molar-refractivity contribution is 0.563. The van der Waals surface area contributed by atoms with E-state index >= 15 is 0 Å². The molecule has 1 aromatic rings. The van der Waals surface area contributed by atoms with Crippen molar-refractivity contribution in [2.24, 2.45) is 0 Å². The average Bonchev–Trinajstić information content (AvgIpc) is 2.21. The lowest BCUT2D eigenvalue weighted by Crippen LogP contribution is -2.32. The van der Waals surface area contributed by atoms with Crippen molar-refractivity contribution in [2.75, 3.05) is 0 Å². The van der Waals surface area contributed by atoms with Crippen molar-refractivity contribution in [3.63, 3.8) is 0 Å². The van der Waals surface area contributed by atoms with Gasteiger partial charge in [0.2, 0.25) is 10.0 Å². The minimum atomic E-state index is -3.70. The van der Waals surface area contributed by atoms with Gasteiger partial charge in [0.15, 0.2) is 0 Å². The Morgan fingerprint density at radius 3 is 2.94 bits per heavy atom. The molecule has 1 unspecified atom stereocenters. The SMILES string of the molecule is C#CCC(C)NS(=O)(=O)c1cc(Br)cnc1Cl. The number of hydrogen-bond donors (Lipinski definition) is 1. The molecule has 92 valence electrons. The average molecular weight is 338 g/mol. The summed E-state index contributed by atoms with van der Waals surface area (Å²) in [4.78, 5) is 3.69. The van der Waals surface area contributed by atoms with Crippen molar-refractivity contribution in [3.8, 4) is 12.3 Å². The van der Waals surface area contributed by atoms with E-state index in [-0.39, 0.29) is 16.1 Å². The van der Waals surface area contributed by atoms with Crippen LogP contribution in [0, 0.1) is 12.3 Å². The van der Waals surface area contributed by atoms with Gasteiger partial charge < -0.3 is 0 Å². The zero-order chi connectivity index (χ0) is 13.1. The maximum Gasteiger partial charge on any atom is 0.243 e. The molecule has 4 nitrogen and oxygen atoms in total. The Balaban J connectivity index is 3.06. The van der Waals surface area contributed by atoms with Gasteiger partial charge in [-0.2, -0.15) is 0 Å². The maximum absolute atomic E-state index is 12.0. The molecule has 1 N–H and O–H groups in total. The second-order valence-corrected chi connectivity index (χ2v) is 6.33. The first-order valence-electron chi connectivity index (χ1n) is 4.63. The fourth-order valence-electron chi connectivity index (χ4n) is 1.14. The molecule has 1 heterocycles. The van der Waals surface area contributed by atoms with Crippen molar-refractivity contribution in [1.29, 1.82) is 0 Å². The van der Waals surface area contributed by atoms with Gasteiger partial charge in [-0.05, 0) is 28.9 Å². The predicted octanol–water partition coefficient (Wildman–Crippen LogP) is 2.19. The molecule has 0 aromatic carbocycles. The Hall–Kier alpha value is -0.610. The summed E-state index contributed by atoms with van der Waals surface area (Å²) >= 11 is 8.89. The van der Waals surface area contributed by atoms with Crippen LogP contribution < -0.4 is 4.72 Å². The molecule has 1 atom stereocenters. The third-order valence-corrected chi connectivity index (χ3v) is 4.29. The smallest absolute Gasteiger partial charge is 0.242 e. The van der Waals surface area contributed by atoms with Gasteiger partial charge in [0.25, 0.3) is 0 Å². The molecule has 0 aliphatic rings. The van der Waals surface area contributed by atoms with E-state index in [1.807, 2.05) is 0 Å². The number of halogens is 2. The first-order chi connectivity index (χ1) is 7.86. The number of rotatable bonds is 4. The lowest BCUT2D eigenvalue weighted by Gasteiger charge is -2.12. The summed E-state index contributed by atoms with van der Waals surface area (Å²) in [6.07, 6.45) is 6.84. The molecule has 0 saturated heterocycles. The highest BCUT2D eigenvalue weighted by Crippen LogP contribution is 2.22. The zero-order valence-electron chi connectivity index (χ0n) is 8.94. The standard InChI is InChI=1S/C10H10BrClN2O2S/c1-3-4-7(2)14-17(15,16)9-5-8(11)6-13-10(9)12/h1,5-7,14H,4H2,2H3. The minimum absolute atomic E-state index is 0.0718. The van der Waals surface area contributed by atoms with E-state index in [1.54, 1.807) is 6.92 Å². The normalized spacial score (nSPS) is 13.1. The molecule has 1 rings (SSSR count). The molecule has 0 aliphatic heterocycles. The molecule has 17 heavy (non-hydrogen) atoms. The minimum Gasteiger partial charge on any atom is -0.242 e. The summed E-state index contributed by atoms with van der Waals surface area (Å²) in [5, 5.41) is -0.0754. The third-order valence-electron chi connectivity index (χ3n) is 1.84. The number of aromatic nitrogens is 1. The van der Waals surface area contributed by atoms with Crippen molar-refractivity contribution < 1.29 is 8.42 Å². The quantitative estimate of drug-likeness (QED) is 0.677. The number of terminal acetylenes is 1. The highest BCUT2D eigenvalue weighted by Gasteiger charge is 2.21. The maximum atomic E-state index is 12.0. The van der Waals surface area contributed by atoms with Crippen LogP contribution in [-0.4, -0.2) is 19.4 Å². The number of hydrogen-bond acceptors (Lipinski definition) is 3. The van der Waals surface area contributed by atoms with E-state index in [1.165, 1.54) is 12.3 Å². The molecule has 0 fully saturated rings. The largest absolute Gasteiger partial charge is 0.243 e. The monoisotopic (exact) mass is 336 g/mol. The highest BCUT2D eigenvalue weighted by molar-refractivity contribution is 9.10. The van der Waals surface area contributed by atoms with Crippen molar-refractivity contribution in [1.82, 2.24) is 9.71 Å². The van der Waals surface area contributed by atoms with Crippen LogP contribution in [0.25, 0.3) is 0 Å². The van der Waals surface area contributed by atoms with Crippen LogP contribution in [0.5, 0.6) is 0 Å². The fourth-order valence-corrected chi connectivity index (χ4v) is 3.33. The van der Waals surface area contributed by atoms with E-state index < -0.39 is 10.0 Å². The van der Waals surface area contributed by atoms with Gasteiger partial charge in [0.05, 0.1) is 0 Å². The van der Waals surface area contributed by atoms with Gasteiger partial charge in [0, 0.05) is 23.1 Å². The predicted molar refractivity (Wildman–Crippen MR) is 70.2 cm³/mol. The second-order valence-electron chi connectivity index (χ2n) is 3.37. The van der Waals surface area contributed by atoms with E-state index in [2.05, 4.69) is 31.6 Å². The topological polar surface area (TPSA) is 59.1 Å². The summed E-state index contributed by atoms with van der Waals surface area (Å²) in [5.41, 5.74) is 0. The molecule has 0 saturated carbocycles. The van der Waals surface area contributed by atoms with Gasteiger partial charge in [-0.15, -0.1) is 12.3 Å². The number of pyridine rings is 1. The van der Waals surface area contributed by atoms with E-state index in [9.17, 15) is 8.42 Å². The Morgan fingerprint density at radius 1 is 1.71 bits per heavy atom. The first-order valence-corrected chi connectivity index (χ1v) is 7.29. The van der Waals surface area contributed by atoms with Crippen LogP contribution in [0.4, 0.5) is 0 Å². The Bertz CT molecular complexity index is 554. The molecular weight excluding hydrogens is 328 g/mol. The number of nitrogens with zero attached hydrogens (tertiary/aromatic N) is 1. The van der Waals surface area contributed by atoms with E-state index in [0.717, 1.165) is 0 Å². The number of nitrogens with one attached hydrogen (secondary N) is 1.